The van der Waals surface area contributed by atoms with E-state index in [0.717, 1.165) is 44.6 Å². The number of carbonyl (C=O) groups excluding carboxylic acids is 1. The third-order valence-electron chi connectivity index (χ3n) is 6.00. The Morgan fingerprint density at radius 2 is 2.04 bits per heavy atom. The summed E-state index contributed by atoms with van der Waals surface area (Å²) in [6.07, 6.45) is 3.47. The smallest absolute Gasteiger partial charge is 0.319 e. The van der Waals surface area contributed by atoms with Crippen molar-refractivity contribution in [2.45, 2.75) is 45.3 Å². The zero-order chi connectivity index (χ0) is 17.6. The molecule has 2 heterocycles. The number of ether oxygens (including phenoxy) is 1. The van der Waals surface area contributed by atoms with Crippen LogP contribution in [0.5, 0.6) is 0 Å². The molecule has 5 nitrogen and oxygen atoms in total. The third-order valence-corrected chi connectivity index (χ3v) is 6.00. The van der Waals surface area contributed by atoms with Gasteiger partial charge in [-0.1, -0.05) is 13.8 Å². The van der Waals surface area contributed by atoms with Crippen molar-refractivity contribution in [3.05, 3.63) is 24.0 Å². The van der Waals surface area contributed by atoms with Crippen LogP contribution in [0, 0.1) is 17.2 Å². The second-order valence-electron chi connectivity index (χ2n) is 8.03. The molecule has 4 rings (SSSR count). The van der Waals surface area contributed by atoms with Gasteiger partial charge in [0.1, 0.15) is 5.82 Å². The summed E-state index contributed by atoms with van der Waals surface area (Å²) >= 11 is 0. The SMILES string of the molecule is CC1(C)[C@H](NC(=O)Nc2cc(F)cc(N3CCCC3)c2)[C@@H]2CCO[C@@H]21. The number of hydrogen-bond donors (Lipinski definition) is 2. The predicted molar refractivity (Wildman–Crippen MR) is 95.4 cm³/mol. The van der Waals surface area contributed by atoms with Gasteiger partial charge in [0.15, 0.2) is 0 Å². The van der Waals surface area contributed by atoms with Gasteiger partial charge >= 0.3 is 6.03 Å². The molecule has 0 bridgehead atoms. The van der Waals surface area contributed by atoms with Crippen LogP contribution in [0.1, 0.15) is 33.1 Å². The molecule has 0 aromatic heterocycles. The third kappa shape index (κ3) is 2.97. The number of nitrogens with zero attached hydrogens (tertiary/aromatic N) is 1. The lowest BCUT2D eigenvalue weighted by molar-refractivity contribution is -0.107. The molecule has 136 valence electrons. The van der Waals surface area contributed by atoms with Crippen LogP contribution in [0.2, 0.25) is 0 Å². The normalized spacial score (nSPS) is 29.9. The van der Waals surface area contributed by atoms with E-state index in [2.05, 4.69) is 29.4 Å². The van der Waals surface area contributed by atoms with Crippen molar-refractivity contribution in [1.29, 1.82) is 0 Å². The first-order valence-corrected chi connectivity index (χ1v) is 9.20. The Bertz CT molecular complexity index is 673. The van der Waals surface area contributed by atoms with Gasteiger partial charge in [-0.25, -0.2) is 9.18 Å². The predicted octanol–water partition coefficient (Wildman–Crippen LogP) is 3.36. The quantitative estimate of drug-likeness (QED) is 0.881. The van der Waals surface area contributed by atoms with E-state index in [1.54, 1.807) is 0 Å². The van der Waals surface area contributed by atoms with Gasteiger partial charge in [-0.3, -0.25) is 0 Å². The number of benzene rings is 1. The summed E-state index contributed by atoms with van der Waals surface area (Å²) in [6.45, 7) is 6.89. The highest BCUT2D eigenvalue weighted by molar-refractivity contribution is 5.90. The minimum Gasteiger partial charge on any atom is -0.377 e. The molecule has 1 saturated carbocycles. The number of rotatable bonds is 3. The van der Waals surface area contributed by atoms with Gasteiger partial charge in [-0.05, 0) is 37.5 Å². The van der Waals surface area contributed by atoms with Crippen molar-refractivity contribution in [1.82, 2.24) is 5.32 Å². The van der Waals surface area contributed by atoms with E-state index in [1.165, 1.54) is 12.1 Å². The van der Waals surface area contributed by atoms with E-state index in [9.17, 15) is 9.18 Å². The standard InChI is InChI=1S/C19H26FN3O2/c1-19(2)16(15-5-8-25-17(15)19)22-18(24)21-13-9-12(20)10-14(11-13)23-6-3-4-7-23/h9-11,15-17H,3-8H2,1-2H3,(H2,21,22,24)/t15-,16+,17-/m0/s1. The van der Waals surface area contributed by atoms with Crippen LogP contribution >= 0.6 is 0 Å². The molecular formula is C19H26FN3O2. The molecular weight excluding hydrogens is 321 g/mol. The van der Waals surface area contributed by atoms with Crippen molar-refractivity contribution in [2.24, 2.45) is 11.3 Å². The molecule has 0 radical (unpaired) electrons. The molecule has 3 aliphatic rings. The van der Waals surface area contributed by atoms with E-state index < -0.39 is 0 Å². The first-order valence-electron chi connectivity index (χ1n) is 9.20. The van der Waals surface area contributed by atoms with Gasteiger partial charge in [0.05, 0.1) is 6.10 Å². The zero-order valence-electron chi connectivity index (χ0n) is 14.8. The Labute approximate surface area is 147 Å². The van der Waals surface area contributed by atoms with Crippen molar-refractivity contribution in [3.63, 3.8) is 0 Å². The molecule has 2 saturated heterocycles. The number of amides is 2. The number of hydrogen-bond acceptors (Lipinski definition) is 3. The van der Waals surface area contributed by atoms with Crippen molar-refractivity contribution in [3.8, 4) is 0 Å². The van der Waals surface area contributed by atoms with Crippen molar-refractivity contribution in [2.75, 3.05) is 29.9 Å². The van der Waals surface area contributed by atoms with Crippen molar-refractivity contribution < 1.29 is 13.9 Å². The second kappa shape index (κ2) is 6.16. The molecule has 1 aliphatic carbocycles. The van der Waals surface area contributed by atoms with Crippen LogP contribution in [0.4, 0.5) is 20.6 Å². The molecule has 0 unspecified atom stereocenters. The van der Waals surface area contributed by atoms with Crippen LogP contribution < -0.4 is 15.5 Å². The molecule has 25 heavy (non-hydrogen) atoms. The molecule has 3 atom stereocenters. The Balaban J connectivity index is 1.42. The topological polar surface area (TPSA) is 53.6 Å². The fraction of sp³-hybridized carbons (Fsp3) is 0.632. The number of urea groups is 1. The molecule has 0 spiro atoms. The molecule has 1 aromatic rings. The summed E-state index contributed by atoms with van der Waals surface area (Å²) in [5.41, 5.74) is 1.26. The summed E-state index contributed by atoms with van der Waals surface area (Å²) in [4.78, 5) is 14.6. The van der Waals surface area contributed by atoms with E-state index in [0.29, 0.717) is 11.6 Å². The van der Waals surface area contributed by atoms with Crippen LogP contribution in [0.25, 0.3) is 0 Å². The summed E-state index contributed by atoms with van der Waals surface area (Å²) in [7, 11) is 0. The summed E-state index contributed by atoms with van der Waals surface area (Å²) < 4.78 is 19.7. The highest BCUT2D eigenvalue weighted by Crippen LogP contribution is 2.52. The minimum absolute atomic E-state index is 0.0683. The van der Waals surface area contributed by atoms with Gasteiger partial charge < -0.3 is 20.3 Å². The first kappa shape index (κ1) is 16.6. The average Bonchev–Trinajstić information content (AvgIpc) is 3.23. The second-order valence-corrected chi connectivity index (χ2v) is 8.03. The van der Waals surface area contributed by atoms with Crippen LogP contribution in [-0.2, 0) is 4.74 Å². The van der Waals surface area contributed by atoms with E-state index in [1.807, 2.05) is 6.07 Å². The monoisotopic (exact) mass is 347 g/mol. The number of halogens is 1. The molecule has 6 heteroatoms. The lowest BCUT2D eigenvalue weighted by Gasteiger charge is -2.54. The van der Waals surface area contributed by atoms with Gasteiger partial charge in [0.25, 0.3) is 0 Å². The summed E-state index contributed by atoms with van der Waals surface area (Å²) in [5.74, 6) is 0.0568. The Morgan fingerprint density at radius 3 is 2.80 bits per heavy atom. The molecule has 2 aliphatic heterocycles. The van der Waals surface area contributed by atoms with E-state index >= 15 is 0 Å². The lowest BCUT2D eigenvalue weighted by atomic mass is 9.57. The molecule has 1 aromatic carbocycles. The maximum atomic E-state index is 14.0. The Hall–Kier alpha value is -1.82. The summed E-state index contributed by atoms with van der Waals surface area (Å²) in [6, 6.07) is 4.56. The first-order chi connectivity index (χ1) is 11.9. The Kier molecular flexibility index (Phi) is 4.10. The van der Waals surface area contributed by atoms with Gasteiger partial charge in [-0.2, -0.15) is 0 Å². The fourth-order valence-corrected chi connectivity index (χ4v) is 4.73. The number of carbonyl (C=O) groups is 1. The van der Waals surface area contributed by atoms with Crippen molar-refractivity contribution >= 4 is 17.4 Å². The van der Waals surface area contributed by atoms with Crippen LogP contribution in [0.15, 0.2) is 18.2 Å². The van der Waals surface area contributed by atoms with E-state index in [-0.39, 0.29) is 29.4 Å². The maximum Gasteiger partial charge on any atom is 0.319 e. The van der Waals surface area contributed by atoms with Crippen LogP contribution in [0.3, 0.4) is 0 Å². The largest absolute Gasteiger partial charge is 0.377 e. The van der Waals surface area contributed by atoms with E-state index in [4.69, 9.17) is 4.74 Å². The van der Waals surface area contributed by atoms with Gasteiger partial charge in [0, 0.05) is 48.4 Å². The minimum atomic E-state index is -0.326. The highest BCUT2D eigenvalue weighted by atomic mass is 19.1. The number of anilines is 2. The molecule has 2 amide bonds. The zero-order valence-corrected chi connectivity index (χ0v) is 14.8. The number of fused-ring (bicyclic) bond motifs is 1. The average molecular weight is 347 g/mol. The molecule has 2 N–H and O–H groups in total. The Morgan fingerprint density at radius 1 is 1.28 bits per heavy atom. The molecule has 3 fully saturated rings. The van der Waals surface area contributed by atoms with Gasteiger partial charge in [0.2, 0.25) is 0 Å². The maximum absolute atomic E-state index is 14.0. The van der Waals surface area contributed by atoms with Gasteiger partial charge in [-0.15, -0.1) is 0 Å². The lowest BCUT2D eigenvalue weighted by Crippen LogP contribution is -2.67. The fourth-order valence-electron chi connectivity index (χ4n) is 4.73. The highest BCUT2D eigenvalue weighted by Gasteiger charge is 2.59. The van der Waals surface area contributed by atoms with Crippen LogP contribution in [-0.4, -0.2) is 37.9 Å². The number of nitrogens with one attached hydrogen (secondary N) is 2. The summed E-state index contributed by atoms with van der Waals surface area (Å²) in [5, 5.41) is 5.87.